The number of hydrogen-bond acceptors (Lipinski definition) is 10. The fourth-order valence-electron chi connectivity index (χ4n) is 7.29. The summed E-state index contributed by atoms with van der Waals surface area (Å²) in [6.45, 7) is 1.64. The van der Waals surface area contributed by atoms with E-state index in [-0.39, 0.29) is 53.6 Å². The van der Waals surface area contributed by atoms with Crippen molar-refractivity contribution in [2.45, 2.75) is 88.7 Å². The third-order valence-corrected chi connectivity index (χ3v) is 9.84. The number of aromatic hydroxyl groups is 3. The lowest BCUT2D eigenvalue weighted by atomic mass is 9.81. The maximum absolute atomic E-state index is 12.2. The summed E-state index contributed by atoms with van der Waals surface area (Å²) >= 11 is 0. The van der Waals surface area contributed by atoms with Gasteiger partial charge in [0.05, 0.1) is 24.7 Å². The largest absolute Gasteiger partial charge is 0.504 e. The van der Waals surface area contributed by atoms with Crippen molar-refractivity contribution in [2.24, 2.45) is 22.6 Å². The Bertz CT molecular complexity index is 1770. The molecule has 3 heterocycles. The van der Waals surface area contributed by atoms with Gasteiger partial charge in [-0.1, -0.05) is 18.1 Å². The molecule has 0 radical (unpaired) electrons. The minimum Gasteiger partial charge on any atom is -0.504 e. The first-order valence-electron chi connectivity index (χ1n) is 17.5. The number of ether oxygens (including phenoxy) is 4. The van der Waals surface area contributed by atoms with Crippen molar-refractivity contribution in [3.63, 3.8) is 0 Å². The number of esters is 1. The first-order chi connectivity index (χ1) is 24.7. The number of carbonyl (C=O) groups is 1. The zero-order valence-electron chi connectivity index (χ0n) is 29.0. The van der Waals surface area contributed by atoms with Gasteiger partial charge in [-0.2, -0.15) is 0 Å². The van der Waals surface area contributed by atoms with E-state index < -0.39 is 24.3 Å². The molecule has 1 aliphatic carbocycles. The van der Waals surface area contributed by atoms with Gasteiger partial charge in [0.2, 0.25) is 5.75 Å². The number of benzene rings is 2. The van der Waals surface area contributed by atoms with E-state index in [1.165, 1.54) is 13.0 Å². The Balaban J connectivity index is 1.29. The molecule has 2 bridgehead atoms. The molecule has 51 heavy (non-hydrogen) atoms. The number of nitrogens with one attached hydrogen (secondary N) is 1. The zero-order chi connectivity index (χ0) is 35.9. The van der Waals surface area contributed by atoms with Gasteiger partial charge in [0.15, 0.2) is 29.0 Å². The Hall–Kier alpha value is -5.15. The summed E-state index contributed by atoms with van der Waals surface area (Å²) in [5.41, 5.74) is 8.58. The molecule has 1 saturated heterocycles. The van der Waals surface area contributed by atoms with E-state index in [4.69, 9.17) is 24.7 Å². The lowest BCUT2D eigenvalue weighted by Gasteiger charge is -2.39. The molecule has 270 valence electrons. The molecular formula is C39H46N4O8. The minimum absolute atomic E-state index is 0.0560. The summed E-state index contributed by atoms with van der Waals surface area (Å²) < 4.78 is 25.0. The van der Waals surface area contributed by atoms with E-state index in [9.17, 15) is 20.1 Å². The molecule has 0 amide bonds. The molecule has 12 heteroatoms. The monoisotopic (exact) mass is 698 g/mol. The summed E-state index contributed by atoms with van der Waals surface area (Å²) in [7, 11) is 1.63. The van der Waals surface area contributed by atoms with E-state index >= 15 is 0 Å². The van der Waals surface area contributed by atoms with Gasteiger partial charge < -0.3 is 45.3 Å². The molecule has 1 aromatic heterocycles. The van der Waals surface area contributed by atoms with Crippen LogP contribution in [0, 0.1) is 23.7 Å². The Morgan fingerprint density at radius 1 is 1.12 bits per heavy atom. The van der Waals surface area contributed by atoms with Crippen LogP contribution in [0.25, 0.3) is 0 Å². The number of nitrogens with two attached hydrogens (primary N) is 1. The standard InChI is InChI=1S/C39H46N4O8/c1-23(44)49-28-20-34(51-35(21-28)27-18-32(46)38(47)37(19-27)48-15-13-24-6-5-14-42-22-24)26-7-3-8-29-30(43-39(40)41-2)9-4-10-33(29)50-36-17-25(16-26)11-12-31(36)45/h5-6,11-12,14,17-19,22,26,28-30,33-35,45-47H,4,7,9-10,13,15-16,20-21H2,1-2H3,(H3,40,41,43)/t26-,28-,29-,30+,33+,34-,35+/m1/s1. The second kappa shape index (κ2) is 16.2. The Labute approximate surface area is 298 Å². The van der Waals surface area contributed by atoms with Crippen molar-refractivity contribution in [3.8, 4) is 40.6 Å². The van der Waals surface area contributed by atoms with Crippen LogP contribution in [0.5, 0.6) is 28.7 Å². The van der Waals surface area contributed by atoms with E-state index in [1.807, 2.05) is 24.3 Å². The molecule has 6 rings (SSSR count). The SMILES string of the molecule is CN=C(N)N[C@H]1CCC[C@@H]2Oc3cc(ccc3O)C[C@H]([C@H]3C[C@@H](OC(C)=O)C[C@@H](c4cc(O)c(O)c(OCCc5cccnc5)c4)O3)CC#C[C@H]12. The van der Waals surface area contributed by atoms with Crippen molar-refractivity contribution in [1.82, 2.24) is 10.3 Å². The number of nitrogens with zero attached hydrogens (tertiary/aromatic N) is 2. The fraction of sp³-hybridized carbons (Fsp3) is 0.462. The van der Waals surface area contributed by atoms with Crippen LogP contribution in [0.15, 0.2) is 59.9 Å². The van der Waals surface area contributed by atoms with Gasteiger partial charge in [0.1, 0.15) is 12.2 Å². The lowest BCUT2D eigenvalue weighted by Crippen LogP contribution is -2.50. The molecule has 7 atom stereocenters. The number of fused-ring (bicyclic) bond motifs is 3. The van der Waals surface area contributed by atoms with Crippen LogP contribution in [-0.2, 0) is 27.1 Å². The Morgan fingerprint density at radius 3 is 2.76 bits per heavy atom. The molecule has 2 fully saturated rings. The van der Waals surface area contributed by atoms with Crippen molar-refractivity contribution < 1.29 is 39.1 Å². The highest BCUT2D eigenvalue weighted by Gasteiger charge is 2.38. The summed E-state index contributed by atoms with van der Waals surface area (Å²) in [6.07, 6.45) is 6.65. The number of pyridine rings is 1. The number of phenols is 3. The smallest absolute Gasteiger partial charge is 0.302 e. The molecule has 2 aromatic carbocycles. The molecule has 3 aromatic rings. The van der Waals surface area contributed by atoms with Crippen LogP contribution < -0.4 is 20.5 Å². The molecule has 6 N–H and O–H groups in total. The first-order valence-corrected chi connectivity index (χ1v) is 17.5. The third kappa shape index (κ3) is 8.96. The van der Waals surface area contributed by atoms with Gasteiger partial charge in [-0.3, -0.25) is 14.8 Å². The van der Waals surface area contributed by atoms with Crippen LogP contribution in [-0.4, -0.2) is 70.2 Å². The predicted octanol–water partition coefficient (Wildman–Crippen LogP) is 4.69. The number of phenolic OH excluding ortho intramolecular Hbond substituents is 3. The van der Waals surface area contributed by atoms with Crippen LogP contribution in [0.2, 0.25) is 0 Å². The number of rotatable bonds is 8. The fourth-order valence-corrected chi connectivity index (χ4v) is 7.29. The molecule has 3 aliphatic rings. The number of aliphatic imine (C=N–C) groups is 1. The van der Waals surface area contributed by atoms with Gasteiger partial charge in [-0.15, -0.1) is 5.92 Å². The van der Waals surface area contributed by atoms with E-state index in [0.717, 1.165) is 30.4 Å². The highest BCUT2D eigenvalue weighted by Crippen LogP contribution is 2.44. The highest BCUT2D eigenvalue weighted by molar-refractivity contribution is 5.78. The first kappa shape index (κ1) is 35.7. The number of aromatic nitrogens is 1. The Morgan fingerprint density at radius 2 is 1.98 bits per heavy atom. The average molecular weight is 699 g/mol. The second-order valence-corrected chi connectivity index (χ2v) is 13.5. The van der Waals surface area contributed by atoms with Crippen molar-refractivity contribution in [3.05, 3.63) is 71.5 Å². The van der Waals surface area contributed by atoms with E-state index in [1.54, 1.807) is 31.6 Å². The van der Waals surface area contributed by atoms with Gasteiger partial charge >= 0.3 is 5.97 Å². The minimum atomic E-state index is -0.585. The van der Waals surface area contributed by atoms with Crippen LogP contribution in [0.1, 0.15) is 68.2 Å². The van der Waals surface area contributed by atoms with Crippen molar-refractivity contribution in [1.29, 1.82) is 0 Å². The average Bonchev–Trinajstić information content (AvgIpc) is 3.14. The van der Waals surface area contributed by atoms with Crippen LogP contribution >= 0.6 is 0 Å². The summed E-state index contributed by atoms with van der Waals surface area (Å²) in [6, 6.07) is 12.2. The van der Waals surface area contributed by atoms with Crippen molar-refractivity contribution >= 4 is 11.9 Å². The summed E-state index contributed by atoms with van der Waals surface area (Å²) in [4.78, 5) is 20.4. The number of hydrogen-bond donors (Lipinski definition) is 5. The lowest BCUT2D eigenvalue weighted by molar-refractivity contribution is -0.164. The van der Waals surface area contributed by atoms with Crippen LogP contribution in [0.4, 0.5) is 0 Å². The number of carbonyl (C=O) groups excluding carboxylic acids is 1. The zero-order valence-corrected chi connectivity index (χ0v) is 29.0. The quantitative estimate of drug-likeness (QED) is 0.0725. The van der Waals surface area contributed by atoms with E-state index in [0.29, 0.717) is 49.4 Å². The van der Waals surface area contributed by atoms with Gasteiger partial charge in [-0.25, -0.2) is 0 Å². The van der Waals surface area contributed by atoms with Gasteiger partial charge in [0, 0.05) is 64.0 Å². The molecule has 2 aliphatic heterocycles. The Kier molecular flexibility index (Phi) is 11.4. The molecular weight excluding hydrogens is 652 g/mol. The molecule has 12 nitrogen and oxygen atoms in total. The van der Waals surface area contributed by atoms with E-state index in [2.05, 4.69) is 27.1 Å². The highest BCUT2D eigenvalue weighted by atomic mass is 16.6. The third-order valence-electron chi connectivity index (χ3n) is 9.84. The molecule has 1 saturated carbocycles. The summed E-state index contributed by atoms with van der Waals surface area (Å²) in [5.74, 6) is 6.40. The van der Waals surface area contributed by atoms with Gasteiger partial charge in [0.25, 0.3) is 0 Å². The maximum Gasteiger partial charge on any atom is 0.302 e. The molecule has 0 spiro atoms. The predicted molar refractivity (Wildman–Crippen MR) is 190 cm³/mol. The topological polar surface area (TPSA) is 178 Å². The van der Waals surface area contributed by atoms with Crippen LogP contribution in [0.3, 0.4) is 0 Å². The second-order valence-electron chi connectivity index (χ2n) is 13.5. The maximum atomic E-state index is 12.2. The summed E-state index contributed by atoms with van der Waals surface area (Å²) in [5, 5.41) is 35.5. The molecule has 0 unspecified atom stereocenters. The van der Waals surface area contributed by atoms with Gasteiger partial charge in [-0.05, 0) is 72.7 Å². The number of guanidine groups is 1. The normalized spacial score (nSPS) is 26.2. The van der Waals surface area contributed by atoms with Crippen molar-refractivity contribution in [2.75, 3.05) is 13.7 Å².